The van der Waals surface area contributed by atoms with Crippen molar-refractivity contribution in [1.82, 2.24) is 0 Å². The second-order valence-corrected chi connectivity index (χ2v) is 4.06. The lowest BCUT2D eigenvalue weighted by atomic mass is 10.2. The fourth-order valence-corrected chi connectivity index (χ4v) is 1.77. The first-order chi connectivity index (χ1) is 6.95. The summed E-state index contributed by atoms with van der Waals surface area (Å²) in [6.07, 6.45) is -4.34. The molecule has 0 bridgehead atoms. The molecule has 1 unspecified atom stereocenters. The second-order valence-electron chi connectivity index (χ2n) is 2.74. The Morgan fingerprint density at radius 3 is 2.20 bits per heavy atom. The summed E-state index contributed by atoms with van der Waals surface area (Å²) in [5.74, 6) is 0. The van der Waals surface area contributed by atoms with Crippen molar-refractivity contribution < 1.29 is 22.6 Å². The van der Waals surface area contributed by atoms with Crippen molar-refractivity contribution in [3.63, 3.8) is 0 Å². The Morgan fingerprint density at radius 2 is 1.80 bits per heavy atom. The molecule has 0 aromatic heterocycles. The zero-order chi connectivity index (χ0) is 11.5. The maximum absolute atomic E-state index is 12.2. The van der Waals surface area contributed by atoms with Gasteiger partial charge < -0.3 is 9.42 Å². The Balaban J connectivity index is 2.81. The molecule has 0 aliphatic carbocycles. The first kappa shape index (κ1) is 12.4. The van der Waals surface area contributed by atoms with Crippen LogP contribution < -0.4 is 5.30 Å². The van der Waals surface area contributed by atoms with Crippen LogP contribution in [0.4, 0.5) is 13.2 Å². The van der Waals surface area contributed by atoms with E-state index in [2.05, 4.69) is 0 Å². The predicted octanol–water partition coefficient (Wildman–Crippen LogP) is 2.67. The summed E-state index contributed by atoms with van der Waals surface area (Å²) < 4.78 is 41.4. The van der Waals surface area contributed by atoms with E-state index in [1.54, 1.807) is 6.92 Å². The molecule has 0 heterocycles. The van der Waals surface area contributed by atoms with Crippen LogP contribution in [-0.2, 0) is 10.7 Å². The molecule has 0 radical (unpaired) electrons. The van der Waals surface area contributed by atoms with Crippen LogP contribution in [0.2, 0.25) is 0 Å². The number of halogens is 3. The summed E-state index contributed by atoms with van der Waals surface area (Å²) in [7, 11) is -1.79. The van der Waals surface area contributed by atoms with Gasteiger partial charge in [-0.3, -0.25) is 0 Å². The monoisotopic (exact) mass is 238 g/mol. The first-order valence-electron chi connectivity index (χ1n) is 4.24. The molecule has 0 spiro atoms. The third-order valence-electron chi connectivity index (χ3n) is 1.67. The number of benzene rings is 1. The van der Waals surface area contributed by atoms with Gasteiger partial charge in [-0.05, 0) is 31.2 Å². The van der Waals surface area contributed by atoms with E-state index >= 15 is 0 Å². The van der Waals surface area contributed by atoms with Crippen LogP contribution in [0.15, 0.2) is 24.3 Å². The molecule has 0 aliphatic heterocycles. The summed E-state index contributed by atoms with van der Waals surface area (Å²) in [6, 6.07) is 4.31. The zero-order valence-corrected chi connectivity index (χ0v) is 8.85. The van der Waals surface area contributed by atoms with Crippen LogP contribution >= 0.6 is 8.38 Å². The fourth-order valence-electron chi connectivity index (χ4n) is 0.975. The summed E-state index contributed by atoms with van der Waals surface area (Å²) in [5, 5.41) is 0.375. The molecule has 1 aromatic carbocycles. The van der Waals surface area contributed by atoms with E-state index in [-0.39, 0.29) is 0 Å². The average molecular weight is 238 g/mol. The third kappa shape index (κ3) is 3.45. The quantitative estimate of drug-likeness (QED) is 0.820. The van der Waals surface area contributed by atoms with Crippen LogP contribution in [0, 0.1) is 0 Å². The van der Waals surface area contributed by atoms with E-state index in [0.717, 1.165) is 12.1 Å². The van der Waals surface area contributed by atoms with Gasteiger partial charge in [-0.2, -0.15) is 13.2 Å². The molecule has 15 heavy (non-hydrogen) atoms. The fraction of sp³-hybridized carbons (Fsp3) is 0.333. The standard InChI is InChI=1S/C9H10F3O2P/c1-2-14-15(13)8-5-3-7(4-6-8)9(10,11)12/h3-6,13H,2H2,1H3. The molecule has 6 heteroatoms. The van der Waals surface area contributed by atoms with Gasteiger partial charge in [0.2, 0.25) is 8.38 Å². The predicted molar refractivity (Wildman–Crippen MR) is 51.8 cm³/mol. The topological polar surface area (TPSA) is 29.5 Å². The normalized spacial score (nSPS) is 13.9. The highest BCUT2D eigenvalue weighted by Gasteiger charge is 2.30. The Hall–Kier alpha value is -0.640. The first-order valence-corrected chi connectivity index (χ1v) is 5.45. The highest BCUT2D eigenvalue weighted by Crippen LogP contribution is 2.32. The van der Waals surface area contributed by atoms with Gasteiger partial charge in [0.1, 0.15) is 0 Å². The van der Waals surface area contributed by atoms with E-state index in [1.807, 2.05) is 0 Å². The molecular weight excluding hydrogens is 228 g/mol. The SMILES string of the molecule is CCOP(O)c1ccc(C(F)(F)F)cc1. The number of rotatable bonds is 3. The molecule has 1 N–H and O–H groups in total. The Kier molecular flexibility index (Phi) is 4.08. The van der Waals surface area contributed by atoms with Crippen molar-refractivity contribution in [2.45, 2.75) is 13.1 Å². The number of hydrogen-bond donors (Lipinski definition) is 1. The largest absolute Gasteiger partial charge is 0.416 e. The van der Waals surface area contributed by atoms with Crippen molar-refractivity contribution in [2.24, 2.45) is 0 Å². The van der Waals surface area contributed by atoms with Crippen LogP contribution in [0.5, 0.6) is 0 Å². The Morgan fingerprint density at radius 1 is 1.27 bits per heavy atom. The third-order valence-corrected chi connectivity index (χ3v) is 2.91. The summed E-state index contributed by atoms with van der Waals surface area (Å²) >= 11 is 0. The molecule has 84 valence electrons. The number of hydrogen-bond acceptors (Lipinski definition) is 2. The Bertz CT molecular complexity index is 310. The summed E-state index contributed by atoms with van der Waals surface area (Å²) in [6.45, 7) is 2.03. The van der Waals surface area contributed by atoms with Crippen LogP contribution in [0.1, 0.15) is 12.5 Å². The maximum atomic E-state index is 12.2. The van der Waals surface area contributed by atoms with E-state index in [9.17, 15) is 18.1 Å². The van der Waals surface area contributed by atoms with Crippen molar-refractivity contribution in [3.05, 3.63) is 29.8 Å². The van der Waals surface area contributed by atoms with Crippen LogP contribution in [0.25, 0.3) is 0 Å². The smallest absolute Gasteiger partial charge is 0.346 e. The molecule has 1 aromatic rings. The molecule has 2 nitrogen and oxygen atoms in total. The van der Waals surface area contributed by atoms with Gasteiger partial charge in [0.05, 0.1) is 12.2 Å². The summed E-state index contributed by atoms with van der Waals surface area (Å²) in [5.41, 5.74) is -0.730. The van der Waals surface area contributed by atoms with E-state index in [0.29, 0.717) is 11.9 Å². The van der Waals surface area contributed by atoms with Gasteiger partial charge in [-0.1, -0.05) is 0 Å². The molecule has 1 rings (SSSR count). The lowest BCUT2D eigenvalue weighted by Gasteiger charge is -2.11. The molecule has 1 atom stereocenters. The van der Waals surface area contributed by atoms with Crippen LogP contribution in [-0.4, -0.2) is 11.5 Å². The lowest BCUT2D eigenvalue weighted by Crippen LogP contribution is -2.08. The van der Waals surface area contributed by atoms with Crippen molar-refractivity contribution in [3.8, 4) is 0 Å². The molecule has 0 amide bonds. The van der Waals surface area contributed by atoms with E-state index < -0.39 is 20.1 Å². The van der Waals surface area contributed by atoms with Gasteiger partial charge in [0.15, 0.2) is 0 Å². The minimum absolute atomic E-state index is 0.323. The van der Waals surface area contributed by atoms with Gasteiger partial charge in [-0.15, -0.1) is 0 Å². The van der Waals surface area contributed by atoms with Gasteiger partial charge in [-0.25, -0.2) is 0 Å². The highest BCUT2D eigenvalue weighted by atomic mass is 31.2. The minimum Gasteiger partial charge on any atom is -0.346 e. The zero-order valence-electron chi connectivity index (χ0n) is 7.95. The molecule has 0 fully saturated rings. The van der Waals surface area contributed by atoms with Crippen molar-refractivity contribution >= 4 is 13.7 Å². The van der Waals surface area contributed by atoms with Gasteiger partial charge >= 0.3 is 6.18 Å². The van der Waals surface area contributed by atoms with Gasteiger partial charge in [0.25, 0.3) is 0 Å². The minimum atomic E-state index is -4.34. The average Bonchev–Trinajstić information content (AvgIpc) is 2.17. The second kappa shape index (κ2) is 4.92. The van der Waals surface area contributed by atoms with Crippen molar-refractivity contribution in [2.75, 3.05) is 6.61 Å². The summed E-state index contributed by atoms with van der Waals surface area (Å²) in [4.78, 5) is 9.38. The molecule has 0 aliphatic rings. The molecule has 0 saturated heterocycles. The lowest BCUT2D eigenvalue weighted by molar-refractivity contribution is -0.137. The van der Waals surface area contributed by atoms with E-state index in [4.69, 9.17) is 4.52 Å². The molecule has 0 saturated carbocycles. The van der Waals surface area contributed by atoms with E-state index in [1.165, 1.54) is 12.1 Å². The van der Waals surface area contributed by atoms with Crippen LogP contribution in [0.3, 0.4) is 0 Å². The Labute approximate surface area is 86.6 Å². The van der Waals surface area contributed by atoms with Gasteiger partial charge in [0, 0.05) is 5.30 Å². The number of alkyl halides is 3. The highest BCUT2D eigenvalue weighted by molar-refractivity contribution is 7.55. The maximum Gasteiger partial charge on any atom is 0.416 e. The van der Waals surface area contributed by atoms with Crippen molar-refractivity contribution in [1.29, 1.82) is 0 Å². The molecular formula is C9H10F3O2P.